The molecule has 3 aromatic carbocycles. The number of ketones is 1. The first-order valence-corrected chi connectivity index (χ1v) is 11.1. The van der Waals surface area contributed by atoms with Gasteiger partial charge in [0.05, 0.1) is 41.4 Å². The lowest BCUT2D eigenvalue weighted by Crippen LogP contribution is -2.29. The van der Waals surface area contributed by atoms with E-state index >= 15 is 0 Å². The van der Waals surface area contributed by atoms with Crippen molar-refractivity contribution >= 4 is 46.3 Å². The summed E-state index contributed by atoms with van der Waals surface area (Å²) in [5.74, 6) is -1.17. The van der Waals surface area contributed by atoms with Crippen LogP contribution in [0.1, 0.15) is 22.7 Å². The Morgan fingerprint density at radius 2 is 1.71 bits per heavy atom. The SMILES string of the molecule is COc1ccc(/C(O)=C2/C(=O)C(=O)N(c3ccc(Cl)c(Cl)c3)C2c2cccc(C)c2)c(OC)c1. The van der Waals surface area contributed by atoms with Gasteiger partial charge in [-0.1, -0.05) is 53.0 Å². The highest BCUT2D eigenvalue weighted by Crippen LogP contribution is 2.44. The summed E-state index contributed by atoms with van der Waals surface area (Å²) in [6.45, 7) is 1.90. The summed E-state index contributed by atoms with van der Waals surface area (Å²) in [7, 11) is 2.95. The van der Waals surface area contributed by atoms with Gasteiger partial charge in [0.1, 0.15) is 17.3 Å². The third-order valence-electron chi connectivity index (χ3n) is 5.65. The number of benzene rings is 3. The van der Waals surface area contributed by atoms with Gasteiger partial charge in [0.2, 0.25) is 0 Å². The van der Waals surface area contributed by atoms with Crippen LogP contribution in [0.15, 0.2) is 66.2 Å². The number of carbonyl (C=O) groups is 2. The molecule has 0 radical (unpaired) electrons. The van der Waals surface area contributed by atoms with Gasteiger partial charge in [0.25, 0.3) is 11.7 Å². The second-order valence-electron chi connectivity index (χ2n) is 7.75. The van der Waals surface area contributed by atoms with Crippen molar-refractivity contribution in [3.63, 3.8) is 0 Å². The van der Waals surface area contributed by atoms with Crippen molar-refractivity contribution in [1.82, 2.24) is 0 Å². The molecule has 6 nitrogen and oxygen atoms in total. The number of hydrogen-bond acceptors (Lipinski definition) is 5. The van der Waals surface area contributed by atoms with E-state index < -0.39 is 17.7 Å². The lowest BCUT2D eigenvalue weighted by atomic mass is 9.94. The smallest absolute Gasteiger partial charge is 0.300 e. The maximum Gasteiger partial charge on any atom is 0.300 e. The lowest BCUT2D eigenvalue weighted by Gasteiger charge is -2.26. The highest BCUT2D eigenvalue weighted by Gasteiger charge is 2.47. The predicted octanol–water partition coefficient (Wildman–Crippen LogP) is 5.95. The van der Waals surface area contributed by atoms with Crippen LogP contribution in [-0.4, -0.2) is 31.0 Å². The van der Waals surface area contributed by atoms with E-state index in [2.05, 4.69) is 0 Å². The maximum absolute atomic E-state index is 13.3. The molecule has 1 atom stereocenters. The molecule has 34 heavy (non-hydrogen) atoms. The highest BCUT2D eigenvalue weighted by molar-refractivity contribution is 6.52. The van der Waals surface area contributed by atoms with Gasteiger partial charge in [-0.05, 0) is 42.8 Å². The van der Waals surface area contributed by atoms with Gasteiger partial charge in [0.15, 0.2) is 0 Å². The first kappa shape index (κ1) is 23.7. The summed E-state index contributed by atoms with van der Waals surface area (Å²) in [5.41, 5.74) is 2.15. The van der Waals surface area contributed by atoms with Gasteiger partial charge in [-0.2, -0.15) is 0 Å². The van der Waals surface area contributed by atoms with Gasteiger partial charge < -0.3 is 14.6 Å². The van der Waals surface area contributed by atoms with E-state index in [9.17, 15) is 14.7 Å². The van der Waals surface area contributed by atoms with E-state index in [1.165, 1.54) is 25.2 Å². The molecule has 1 unspecified atom stereocenters. The molecule has 4 rings (SSSR count). The molecule has 0 saturated carbocycles. The van der Waals surface area contributed by atoms with E-state index in [-0.39, 0.29) is 21.9 Å². The van der Waals surface area contributed by atoms with Crippen molar-refractivity contribution < 1.29 is 24.2 Å². The molecule has 1 aliphatic heterocycles. The first-order chi connectivity index (χ1) is 16.3. The molecule has 0 aromatic heterocycles. The Hall–Kier alpha value is -3.48. The third-order valence-corrected chi connectivity index (χ3v) is 6.39. The molecular weight excluding hydrogens is 477 g/mol. The Morgan fingerprint density at radius 3 is 2.35 bits per heavy atom. The highest BCUT2D eigenvalue weighted by atomic mass is 35.5. The van der Waals surface area contributed by atoms with Crippen LogP contribution in [0.2, 0.25) is 10.0 Å². The number of aliphatic hydroxyl groups excluding tert-OH is 1. The number of amides is 1. The van der Waals surface area contributed by atoms with Crippen LogP contribution in [-0.2, 0) is 9.59 Å². The monoisotopic (exact) mass is 497 g/mol. The molecule has 8 heteroatoms. The third kappa shape index (κ3) is 4.11. The number of anilines is 1. The Kier molecular flexibility index (Phi) is 6.55. The van der Waals surface area contributed by atoms with E-state index in [1.54, 1.807) is 36.4 Å². The predicted molar refractivity (Wildman–Crippen MR) is 132 cm³/mol. The number of hydrogen-bond donors (Lipinski definition) is 1. The molecule has 0 bridgehead atoms. The number of aryl methyl sites for hydroxylation is 1. The van der Waals surface area contributed by atoms with Crippen LogP contribution in [0, 0.1) is 6.92 Å². The Bertz CT molecular complexity index is 1330. The molecule has 1 saturated heterocycles. The van der Waals surface area contributed by atoms with Crippen molar-refractivity contribution in [2.45, 2.75) is 13.0 Å². The molecule has 1 heterocycles. The fraction of sp³-hybridized carbons (Fsp3) is 0.154. The van der Waals surface area contributed by atoms with Crippen molar-refractivity contribution in [1.29, 1.82) is 0 Å². The van der Waals surface area contributed by atoms with Crippen molar-refractivity contribution in [3.05, 3.63) is 93.0 Å². The number of aliphatic hydroxyl groups is 1. The number of carbonyl (C=O) groups excluding carboxylic acids is 2. The van der Waals surface area contributed by atoms with E-state index in [0.29, 0.717) is 27.8 Å². The quantitative estimate of drug-likeness (QED) is 0.268. The van der Waals surface area contributed by atoms with Crippen LogP contribution >= 0.6 is 23.2 Å². The minimum absolute atomic E-state index is 0.0647. The van der Waals surface area contributed by atoms with Crippen molar-refractivity contribution in [3.8, 4) is 11.5 Å². The average molecular weight is 498 g/mol. The number of ether oxygens (including phenoxy) is 2. The van der Waals surface area contributed by atoms with Gasteiger partial charge >= 0.3 is 0 Å². The van der Waals surface area contributed by atoms with Crippen LogP contribution in [0.25, 0.3) is 5.76 Å². The average Bonchev–Trinajstić information content (AvgIpc) is 3.10. The maximum atomic E-state index is 13.3. The Balaban J connectivity index is 1.98. The minimum atomic E-state index is -0.899. The number of halogens is 2. The molecule has 1 aliphatic rings. The zero-order chi connectivity index (χ0) is 24.6. The zero-order valence-electron chi connectivity index (χ0n) is 18.6. The molecule has 1 N–H and O–H groups in total. The van der Waals surface area contributed by atoms with Crippen LogP contribution in [0.5, 0.6) is 11.5 Å². The fourth-order valence-corrected chi connectivity index (χ4v) is 4.32. The standard InChI is InChI=1S/C26H21Cl2NO5/c1-14-5-4-6-15(11-14)23-22(24(30)18-9-8-17(33-2)13-21(18)34-3)25(31)26(32)29(23)16-7-10-19(27)20(28)12-16/h4-13,23,30H,1-3H3/b24-22-. The minimum Gasteiger partial charge on any atom is -0.507 e. The summed E-state index contributed by atoms with van der Waals surface area (Å²) >= 11 is 12.3. The molecule has 1 amide bonds. The van der Waals surface area contributed by atoms with Crippen LogP contribution < -0.4 is 14.4 Å². The number of methoxy groups -OCH3 is 2. The summed E-state index contributed by atoms with van der Waals surface area (Å²) in [4.78, 5) is 27.9. The van der Waals surface area contributed by atoms with E-state index in [0.717, 1.165) is 5.56 Å². The fourth-order valence-electron chi connectivity index (χ4n) is 4.03. The molecule has 1 fully saturated rings. The summed E-state index contributed by atoms with van der Waals surface area (Å²) in [6.07, 6.45) is 0. The van der Waals surface area contributed by atoms with Gasteiger partial charge in [-0.15, -0.1) is 0 Å². The van der Waals surface area contributed by atoms with Crippen LogP contribution in [0.3, 0.4) is 0 Å². The van der Waals surface area contributed by atoms with Gasteiger partial charge in [-0.3, -0.25) is 14.5 Å². The molecule has 174 valence electrons. The van der Waals surface area contributed by atoms with Crippen molar-refractivity contribution in [2.24, 2.45) is 0 Å². The van der Waals surface area contributed by atoms with Crippen LogP contribution in [0.4, 0.5) is 5.69 Å². The molecule has 3 aromatic rings. The van der Waals surface area contributed by atoms with E-state index in [1.807, 2.05) is 25.1 Å². The summed E-state index contributed by atoms with van der Waals surface area (Å²) < 4.78 is 10.6. The number of nitrogens with zero attached hydrogens (tertiary/aromatic N) is 1. The second kappa shape index (κ2) is 9.41. The normalized spacial score (nSPS) is 17.2. The topological polar surface area (TPSA) is 76.1 Å². The zero-order valence-corrected chi connectivity index (χ0v) is 20.1. The largest absolute Gasteiger partial charge is 0.507 e. The van der Waals surface area contributed by atoms with Crippen molar-refractivity contribution in [2.75, 3.05) is 19.1 Å². The summed E-state index contributed by atoms with van der Waals surface area (Å²) in [5, 5.41) is 11.9. The molecular formula is C26H21Cl2NO5. The lowest BCUT2D eigenvalue weighted by molar-refractivity contribution is -0.132. The number of Topliss-reactive ketones (excluding diaryl/α,β-unsaturated/α-hetero) is 1. The van der Waals surface area contributed by atoms with E-state index in [4.69, 9.17) is 32.7 Å². The first-order valence-electron chi connectivity index (χ1n) is 10.3. The Morgan fingerprint density at radius 1 is 0.941 bits per heavy atom. The second-order valence-corrected chi connectivity index (χ2v) is 8.56. The van der Waals surface area contributed by atoms with Gasteiger partial charge in [-0.25, -0.2) is 0 Å². The Labute approximate surface area is 206 Å². The molecule has 0 aliphatic carbocycles. The summed E-state index contributed by atoms with van der Waals surface area (Å²) in [6, 6.07) is 16.0. The number of rotatable bonds is 5. The van der Waals surface area contributed by atoms with Gasteiger partial charge in [0, 0.05) is 11.8 Å². The molecule has 0 spiro atoms.